The first-order valence-electron chi connectivity index (χ1n) is 7.58. The zero-order chi connectivity index (χ0) is 16.8. The standard InChI is InChI=1S/C16H19BrF2O4/c17-9-5-10(18)12(11(19)6-9)23-8-16(3-4-16)14(22)13(21)15(7-20)1-2-15/h5-6,13-14,20-22H,1-4,7-8H2. The zero-order valence-electron chi connectivity index (χ0n) is 12.4. The number of rotatable bonds is 7. The van der Waals surface area contributed by atoms with Crippen molar-refractivity contribution in [2.75, 3.05) is 13.2 Å². The molecule has 2 saturated carbocycles. The maximum atomic E-state index is 13.8. The molecular weight excluding hydrogens is 374 g/mol. The van der Waals surface area contributed by atoms with E-state index in [1.165, 1.54) is 0 Å². The molecular formula is C16H19BrF2O4. The Labute approximate surface area is 141 Å². The van der Waals surface area contributed by atoms with Gasteiger partial charge in [-0.25, -0.2) is 8.78 Å². The maximum Gasteiger partial charge on any atom is 0.190 e. The molecule has 3 N–H and O–H groups in total. The van der Waals surface area contributed by atoms with Gasteiger partial charge in [-0.05, 0) is 37.8 Å². The molecule has 4 nitrogen and oxygen atoms in total. The molecule has 7 heteroatoms. The molecule has 2 aliphatic carbocycles. The van der Waals surface area contributed by atoms with E-state index < -0.39 is 40.4 Å². The van der Waals surface area contributed by atoms with Crippen molar-refractivity contribution in [2.24, 2.45) is 10.8 Å². The number of ether oxygens (including phenoxy) is 1. The fraction of sp³-hybridized carbons (Fsp3) is 0.625. The van der Waals surface area contributed by atoms with Crippen molar-refractivity contribution in [2.45, 2.75) is 37.9 Å². The first-order valence-corrected chi connectivity index (χ1v) is 8.37. The topological polar surface area (TPSA) is 69.9 Å². The van der Waals surface area contributed by atoms with Crippen molar-refractivity contribution in [3.63, 3.8) is 0 Å². The molecule has 2 unspecified atom stereocenters. The summed E-state index contributed by atoms with van der Waals surface area (Å²) in [4.78, 5) is 0. The molecule has 1 aromatic carbocycles. The van der Waals surface area contributed by atoms with E-state index in [0.29, 0.717) is 25.7 Å². The van der Waals surface area contributed by atoms with Crippen molar-refractivity contribution in [1.82, 2.24) is 0 Å². The smallest absolute Gasteiger partial charge is 0.190 e. The third-order valence-electron chi connectivity index (χ3n) is 5.12. The average molecular weight is 393 g/mol. The van der Waals surface area contributed by atoms with Crippen molar-refractivity contribution < 1.29 is 28.8 Å². The van der Waals surface area contributed by atoms with Gasteiger partial charge in [-0.3, -0.25) is 0 Å². The third-order valence-corrected chi connectivity index (χ3v) is 5.58. The highest BCUT2D eigenvalue weighted by Gasteiger charge is 2.59. The van der Waals surface area contributed by atoms with E-state index in [2.05, 4.69) is 15.9 Å². The Kier molecular flexibility index (Phi) is 4.42. The van der Waals surface area contributed by atoms with Gasteiger partial charge < -0.3 is 20.1 Å². The number of hydrogen-bond donors (Lipinski definition) is 3. The second-order valence-electron chi connectivity index (χ2n) is 6.76. The van der Waals surface area contributed by atoms with Crippen LogP contribution in [0.1, 0.15) is 25.7 Å². The van der Waals surface area contributed by atoms with Crippen LogP contribution >= 0.6 is 15.9 Å². The van der Waals surface area contributed by atoms with E-state index in [-0.39, 0.29) is 17.7 Å². The Morgan fingerprint density at radius 1 is 1.04 bits per heavy atom. The monoisotopic (exact) mass is 392 g/mol. The largest absolute Gasteiger partial charge is 0.487 e. The van der Waals surface area contributed by atoms with Gasteiger partial charge in [0.2, 0.25) is 0 Å². The normalized spacial score (nSPS) is 23.2. The van der Waals surface area contributed by atoms with Gasteiger partial charge >= 0.3 is 0 Å². The molecule has 0 bridgehead atoms. The number of halogens is 3. The number of benzene rings is 1. The van der Waals surface area contributed by atoms with Gasteiger partial charge in [-0.1, -0.05) is 15.9 Å². The summed E-state index contributed by atoms with van der Waals surface area (Å²) in [7, 11) is 0. The van der Waals surface area contributed by atoms with Gasteiger partial charge in [0.1, 0.15) is 0 Å². The van der Waals surface area contributed by atoms with Gasteiger partial charge in [0.25, 0.3) is 0 Å². The van der Waals surface area contributed by atoms with Crippen LogP contribution in [-0.4, -0.2) is 40.7 Å². The molecule has 0 saturated heterocycles. The number of aliphatic hydroxyl groups is 3. The summed E-state index contributed by atoms with van der Waals surface area (Å²) in [6.07, 6.45) is 0.388. The second-order valence-corrected chi connectivity index (χ2v) is 7.68. The molecule has 2 aliphatic rings. The molecule has 0 heterocycles. The summed E-state index contributed by atoms with van der Waals surface area (Å²) in [6, 6.07) is 2.21. The Hall–Kier alpha value is -0.760. The van der Waals surface area contributed by atoms with Gasteiger partial charge in [-0.2, -0.15) is 0 Å². The van der Waals surface area contributed by atoms with Gasteiger partial charge in [0.05, 0.1) is 25.4 Å². The van der Waals surface area contributed by atoms with E-state index in [0.717, 1.165) is 12.1 Å². The van der Waals surface area contributed by atoms with Crippen molar-refractivity contribution in [1.29, 1.82) is 0 Å². The molecule has 128 valence electrons. The molecule has 0 aliphatic heterocycles. The molecule has 1 aromatic rings. The maximum absolute atomic E-state index is 13.8. The summed E-state index contributed by atoms with van der Waals surface area (Å²) >= 11 is 3.00. The minimum absolute atomic E-state index is 0.0811. The number of aliphatic hydroxyl groups excluding tert-OH is 3. The first-order chi connectivity index (χ1) is 10.8. The predicted molar refractivity (Wildman–Crippen MR) is 82.0 cm³/mol. The molecule has 2 atom stereocenters. The number of hydrogen-bond acceptors (Lipinski definition) is 4. The zero-order valence-corrected chi connectivity index (χ0v) is 14.0. The first kappa shape index (κ1) is 17.1. The van der Waals surface area contributed by atoms with Gasteiger partial charge in [0.15, 0.2) is 17.4 Å². The second kappa shape index (κ2) is 5.95. The Bertz CT molecular complexity index is 579. The molecule has 0 aromatic heterocycles. The summed E-state index contributed by atoms with van der Waals surface area (Å²) < 4.78 is 33.1. The van der Waals surface area contributed by atoms with E-state index in [1.807, 2.05) is 0 Å². The van der Waals surface area contributed by atoms with E-state index in [4.69, 9.17) is 4.74 Å². The van der Waals surface area contributed by atoms with Crippen LogP contribution in [0.2, 0.25) is 0 Å². The lowest BCUT2D eigenvalue weighted by atomic mass is 9.86. The van der Waals surface area contributed by atoms with Crippen LogP contribution in [0.4, 0.5) is 8.78 Å². The highest BCUT2D eigenvalue weighted by molar-refractivity contribution is 9.10. The SMILES string of the molecule is OCC1(C(O)C(O)C2(COc3c(F)cc(Br)cc3F)CC2)CC1. The Balaban J connectivity index is 1.68. The summed E-state index contributed by atoms with van der Waals surface area (Å²) in [5.41, 5.74) is -1.35. The fourth-order valence-corrected chi connectivity index (χ4v) is 3.35. The van der Waals surface area contributed by atoms with Crippen LogP contribution < -0.4 is 4.74 Å². The Morgan fingerprint density at radius 3 is 1.96 bits per heavy atom. The molecule has 0 spiro atoms. The van der Waals surface area contributed by atoms with Gasteiger partial charge in [0, 0.05) is 15.3 Å². The van der Waals surface area contributed by atoms with Crippen molar-refractivity contribution in [3.05, 3.63) is 28.2 Å². The van der Waals surface area contributed by atoms with E-state index in [9.17, 15) is 24.1 Å². The molecule has 0 radical (unpaired) electrons. The lowest BCUT2D eigenvalue weighted by molar-refractivity contribution is -0.0843. The minimum Gasteiger partial charge on any atom is -0.487 e. The van der Waals surface area contributed by atoms with E-state index in [1.54, 1.807) is 0 Å². The summed E-state index contributed by atoms with van der Waals surface area (Å²) in [5.74, 6) is -2.13. The Morgan fingerprint density at radius 2 is 1.52 bits per heavy atom. The van der Waals surface area contributed by atoms with Crippen LogP contribution in [0.25, 0.3) is 0 Å². The summed E-state index contributed by atoms with van der Waals surface area (Å²) in [5, 5.41) is 30.1. The van der Waals surface area contributed by atoms with Crippen LogP contribution in [0.5, 0.6) is 5.75 Å². The van der Waals surface area contributed by atoms with Crippen molar-refractivity contribution in [3.8, 4) is 5.75 Å². The van der Waals surface area contributed by atoms with Crippen LogP contribution in [0, 0.1) is 22.5 Å². The fourth-order valence-electron chi connectivity index (χ4n) is 2.95. The summed E-state index contributed by atoms with van der Waals surface area (Å²) in [6.45, 7) is -0.264. The predicted octanol–water partition coefficient (Wildman–Crippen LogP) is 2.38. The lowest BCUT2D eigenvalue weighted by Gasteiger charge is -2.31. The third kappa shape index (κ3) is 3.12. The molecule has 23 heavy (non-hydrogen) atoms. The molecule has 0 amide bonds. The minimum atomic E-state index is -1.08. The lowest BCUT2D eigenvalue weighted by Crippen LogP contribution is -2.44. The quantitative estimate of drug-likeness (QED) is 0.666. The van der Waals surface area contributed by atoms with Crippen LogP contribution in [-0.2, 0) is 0 Å². The van der Waals surface area contributed by atoms with Crippen LogP contribution in [0.3, 0.4) is 0 Å². The van der Waals surface area contributed by atoms with Crippen molar-refractivity contribution >= 4 is 15.9 Å². The molecule has 2 fully saturated rings. The van der Waals surface area contributed by atoms with Gasteiger partial charge in [-0.15, -0.1) is 0 Å². The molecule has 3 rings (SSSR count). The highest BCUT2D eigenvalue weighted by Crippen LogP contribution is 2.56. The average Bonchev–Trinajstić information content (AvgIpc) is 3.39. The van der Waals surface area contributed by atoms with E-state index >= 15 is 0 Å². The van der Waals surface area contributed by atoms with Crippen LogP contribution in [0.15, 0.2) is 16.6 Å². The highest BCUT2D eigenvalue weighted by atomic mass is 79.9.